The Balaban J connectivity index is 1.33. The van der Waals surface area contributed by atoms with E-state index in [9.17, 15) is 0 Å². The highest BCUT2D eigenvalue weighted by atomic mass is 16.5. The Morgan fingerprint density at radius 2 is 1.69 bits per heavy atom. The Bertz CT molecular complexity index is 680. The lowest BCUT2D eigenvalue weighted by Crippen LogP contribution is -1.99. The van der Waals surface area contributed by atoms with Gasteiger partial charge in [0.1, 0.15) is 0 Å². The molecule has 2 aromatic heterocycles. The highest BCUT2D eigenvalue weighted by Crippen LogP contribution is 2.34. The fourth-order valence-electron chi connectivity index (χ4n) is 3.65. The molecule has 0 atom stereocenters. The number of hydrogen-bond donors (Lipinski definition) is 0. The summed E-state index contributed by atoms with van der Waals surface area (Å²) in [6, 6.07) is 8.10. The Labute approximate surface area is 176 Å². The molecule has 3 rings (SSSR count). The van der Waals surface area contributed by atoms with Gasteiger partial charge in [-0.15, -0.1) is 0 Å². The van der Waals surface area contributed by atoms with Crippen LogP contribution in [0.4, 0.5) is 0 Å². The Hall–Kier alpha value is -1.97. The van der Waals surface area contributed by atoms with Gasteiger partial charge in [0.2, 0.25) is 5.88 Å². The summed E-state index contributed by atoms with van der Waals surface area (Å²) in [6.45, 7) is 3.00. The molecule has 0 radical (unpaired) electrons. The van der Waals surface area contributed by atoms with Crippen LogP contribution in [0.5, 0.6) is 5.88 Å². The van der Waals surface area contributed by atoms with Gasteiger partial charge in [-0.2, -0.15) is 10.2 Å². The Morgan fingerprint density at radius 1 is 0.862 bits per heavy atom. The van der Waals surface area contributed by atoms with E-state index in [1.54, 1.807) is 0 Å². The smallest absolute Gasteiger partial charge is 0.213 e. The molecule has 0 unspecified atom stereocenters. The molecule has 0 bridgehead atoms. The molecular weight excluding hydrogens is 358 g/mol. The molecule has 2 heterocycles. The molecule has 2 aromatic rings. The summed E-state index contributed by atoms with van der Waals surface area (Å²) in [6.07, 6.45) is 18.7. The Morgan fingerprint density at radius 3 is 2.41 bits per heavy atom. The summed E-state index contributed by atoms with van der Waals surface area (Å²) in [7, 11) is 0. The second kappa shape index (κ2) is 12.6. The highest BCUT2D eigenvalue weighted by molar-refractivity contribution is 5.57. The maximum Gasteiger partial charge on any atom is 0.213 e. The third kappa shape index (κ3) is 8.51. The van der Waals surface area contributed by atoms with Gasteiger partial charge in [0.05, 0.1) is 18.0 Å². The van der Waals surface area contributed by atoms with E-state index < -0.39 is 0 Å². The van der Waals surface area contributed by atoms with Crippen LogP contribution in [0, 0.1) is 5.92 Å². The third-order valence-electron chi connectivity index (χ3n) is 5.74. The summed E-state index contributed by atoms with van der Waals surface area (Å²) in [5.41, 5.74) is 2.93. The first-order valence-corrected chi connectivity index (χ1v) is 11.8. The number of rotatable bonds is 15. The molecule has 0 aromatic carbocycles. The zero-order chi connectivity index (χ0) is 20.2. The minimum absolute atomic E-state index is 0.698. The maximum atomic E-state index is 5.78. The summed E-state index contributed by atoms with van der Waals surface area (Å²) >= 11 is 0. The molecule has 0 N–H and O–H groups in total. The van der Waals surface area contributed by atoms with Crippen LogP contribution in [0.2, 0.25) is 0 Å². The number of unbranched alkanes of at least 4 members (excludes halogenated alkanes) is 7. The van der Waals surface area contributed by atoms with E-state index in [-0.39, 0.29) is 0 Å². The summed E-state index contributed by atoms with van der Waals surface area (Å²) in [5, 5.41) is 8.77. The average Bonchev–Trinajstić information content (AvgIpc) is 3.58. The molecule has 1 saturated carbocycles. The van der Waals surface area contributed by atoms with Crippen molar-refractivity contribution in [2.45, 2.75) is 90.4 Å². The van der Waals surface area contributed by atoms with Crippen molar-refractivity contribution < 1.29 is 4.74 Å². The summed E-state index contributed by atoms with van der Waals surface area (Å²) < 4.78 is 5.78. The van der Waals surface area contributed by atoms with Gasteiger partial charge in [-0.25, -0.2) is 4.98 Å². The van der Waals surface area contributed by atoms with Crippen LogP contribution >= 0.6 is 0 Å². The van der Waals surface area contributed by atoms with Crippen molar-refractivity contribution in [3.63, 3.8) is 0 Å². The number of pyridine rings is 1. The summed E-state index contributed by atoms with van der Waals surface area (Å²) in [5.74, 6) is 1.76. The van der Waals surface area contributed by atoms with Gasteiger partial charge in [0.15, 0.2) is 0 Å². The number of nitrogens with zero attached hydrogens (tertiary/aromatic N) is 3. The van der Waals surface area contributed by atoms with Crippen molar-refractivity contribution in [2.24, 2.45) is 5.92 Å². The van der Waals surface area contributed by atoms with E-state index in [1.165, 1.54) is 70.6 Å². The normalized spacial score (nSPS) is 13.6. The minimum atomic E-state index is 0.698. The van der Waals surface area contributed by atoms with Gasteiger partial charge in [-0.1, -0.05) is 71.1 Å². The SMILES string of the molecule is CCCCCCCc1ccc(-c2ccc(OCCCCCCC3CC3)nc2)nn1. The van der Waals surface area contributed by atoms with Gasteiger partial charge in [-0.05, 0) is 43.4 Å². The van der Waals surface area contributed by atoms with Crippen LogP contribution in [0.25, 0.3) is 11.3 Å². The van der Waals surface area contributed by atoms with Crippen LogP contribution < -0.4 is 4.74 Å². The van der Waals surface area contributed by atoms with E-state index in [1.807, 2.05) is 24.4 Å². The molecule has 29 heavy (non-hydrogen) atoms. The molecule has 1 fully saturated rings. The second-order valence-electron chi connectivity index (χ2n) is 8.45. The number of aromatic nitrogens is 3. The molecule has 1 aliphatic carbocycles. The zero-order valence-electron chi connectivity index (χ0n) is 18.1. The van der Waals surface area contributed by atoms with E-state index >= 15 is 0 Å². The molecular formula is C25H37N3O. The van der Waals surface area contributed by atoms with Gasteiger partial charge in [0, 0.05) is 17.8 Å². The van der Waals surface area contributed by atoms with Crippen molar-refractivity contribution >= 4 is 0 Å². The lowest BCUT2D eigenvalue weighted by molar-refractivity contribution is 0.293. The maximum absolute atomic E-state index is 5.78. The molecule has 4 heteroatoms. The van der Waals surface area contributed by atoms with E-state index in [0.717, 1.165) is 42.3 Å². The molecule has 4 nitrogen and oxygen atoms in total. The van der Waals surface area contributed by atoms with Crippen molar-refractivity contribution in [1.82, 2.24) is 15.2 Å². The standard InChI is InChI=1S/C25H37N3O/c1-2-3-4-5-9-12-23-16-17-24(28-27-23)22-15-18-25(26-20-22)29-19-10-7-6-8-11-21-13-14-21/h15-18,20-21H,2-14,19H2,1H3. The number of aryl methyl sites for hydroxylation is 1. The number of hydrogen-bond acceptors (Lipinski definition) is 4. The van der Waals surface area contributed by atoms with Crippen LogP contribution in [0.3, 0.4) is 0 Å². The third-order valence-corrected chi connectivity index (χ3v) is 5.74. The molecule has 0 saturated heterocycles. The lowest BCUT2D eigenvalue weighted by Gasteiger charge is -2.06. The van der Waals surface area contributed by atoms with Gasteiger partial charge < -0.3 is 4.74 Å². The largest absolute Gasteiger partial charge is 0.478 e. The fourth-order valence-corrected chi connectivity index (χ4v) is 3.65. The fraction of sp³-hybridized carbons (Fsp3) is 0.640. The predicted octanol–water partition coefficient (Wildman–Crippen LogP) is 6.79. The Kier molecular flexibility index (Phi) is 9.41. The van der Waals surface area contributed by atoms with E-state index in [2.05, 4.69) is 28.2 Å². The van der Waals surface area contributed by atoms with Crippen molar-refractivity contribution in [2.75, 3.05) is 6.61 Å². The van der Waals surface area contributed by atoms with Gasteiger partial charge in [0.25, 0.3) is 0 Å². The molecule has 1 aliphatic rings. The molecule has 0 aliphatic heterocycles. The first-order chi connectivity index (χ1) is 14.3. The minimum Gasteiger partial charge on any atom is -0.478 e. The zero-order valence-corrected chi connectivity index (χ0v) is 18.1. The average molecular weight is 396 g/mol. The van der Waals surface area contributed by atoms with Crippen LogP contribution in [0.1, 0.15) is 89.7 Å². The molecule has 0 spiro atoms. The van der Waals surface area contributed by atoms with Crippen molar-refractivity contribution in [3.8, 4) is 17.1 Å². The van der Waals surface area contributed by atoms with Crippen molar-refractivity contribution in [1.29, 1.82) is 0 Å². The number of ether oxygens (including phenoxy) is 1. The van der Waals surface area contributed by atoms with E-state index in [4.69, 9.17) is 4.74 Å². The first-order valence-electron chi connectivity index (χ1n) is 11.8. The van der Waals surface area contributed by atoms with Crippen LogP contribution in [0.15, 0.2) is 30.5 Å². The van der Waals surface area contributed by atoms with Crippen LogP contribution in [-0.4, -0.2) is 21.8 Å². The predicted molar refractivity (Wildman–Crippen MR) is 119 cm³/mol. The topological polar surface area (TPSA) is 47.9 Å². The second-order valence-corrected chi connectivity index (χ2v) is 8.45. The van der Waals surface area contributed by atoms with Gasteiger partial charge in [-0.3, -0.25) is 0 Å². The summed E-state index contributed by atoms with van der Waals surface area (Å²) in [4.78, 5) is 4.43. The van der Waals surface area contributed by atoms with Crippen LogP contribution in [-0.2, 0) is 6.42 Å². The van der Waals surface area contributed by atoms with Crippen molar-refractivity contribution in [3.05, 3.63) is 36.2 Å². The lowest BCUT2D eigenvalue weighted by atomic mass is 10.1. The first kappa shape index (κ1) is 21.7. The van der Waals surface area contributed by atoms with E-state index in [0.29, 0.717) is 5.88 Å². The monoisotopic (exact) mass is 395 g/mol. The quantitative estimate of drug-likeness (QED) is 0.311. The molecule has 158 valence electrons. The van der Waals surface area contributed by atoms with Gasteiger partial charge >= 0.3 is 0 Å². The molecule has 0 amide bonds. The highest BCUT2D eigenvalue weighted by Gasteiger charge is 2.19.